The molecule has 3 aromatic rings. The molecule has 1 aliphatic heterocycles. The average Bonchev–Trinajstić information content (AvgIpc) is 3.25. The minimum atomic E-state index is -0.956. The van der Waals surface area contributed by atoms with Crippen molar-refractivity contribution in [2.45, 2.75) is 39.3 Å². The Bertz CT molecular complexity index is 1190. The zero-order valence-electron chi connectivity index (χ0n) is 19.1. The van der Waals surface area contributed by atoms with Gasteiger partial charge in [0.1, 0.15) is 5.52 Å². The summed E-state index contributed by atoms with van der Waals surface area (Å²) in [5.74, 6) is -0.974. The van der Waals surface area contributed by atoms with Gasteiger partial charge in [0.2, 0.25) is 5.88 Å². The number of hydrogen-bond acceptors (Lipinski definition) is 6. The number of aryl methyl sites for hydroxylation is 2. The standard InChI is InChI=1S/C24H27FN4O4/c1-14-11-19(31-3)27-15(2)21(14)28-24(30)18(25)12-16-8-9-17-13-26-29(22(17)23(16)32-4)20-7-5-6-10-33-20/h8-9,11-13,20H,5-7,10H2,1-4H3,(H,28,30)/b18-12-. The number of hydrogen-bond donors (Lipinski definition) is 1. The highest BCUT2D eigenvalue weighted by Gasteiger charge is 2.22. The van der Waals surface area contributed by atoms with Gasteiger partial charge in [0.05, 0.1) is 31.8 Å². The molecule has 0 saturated carbocycles. The van der Waals surface area contributed by atoms with E-state index in [4.69, 9.17) is 14.2 Å². The van der Waals surface area contributed by atoms with Crippen LogP contribution in [0.4, 0.5) is 10.1 Å². The molecule has 1 unspecified atom stereocenters. The second-order valence-corrected chi connectivity index (χ2v) is 7.92. The van der Waals surface area contributed by atoms with Crippen LogP contribution in [0.1, 0.15) is 42.3 Å². The fourth-order valence-corrected chi connectivity index (χ4v) is 4.05. The summed E-state index contributed by atoms with van der Waals surface area (Å²) in [5, 5.41) is 7.92. The normalized spacial score (nSPS) is 16.6. The Kier molecular flexibility index (Phi) is 6.60. The number of pyridine rings is 1. The zero-order valence-corrected chi connectivity index (χ0v) is 19.1. The predicted octanol–water partition coefficient (Wildman–Crippen LogP) is 4.71. The first-order valence-electron chi connectivity index (χ1n) is 10.8. The topological polar surface area (TPSA) is 87.5 Å². The van der Waals surface area contributed by atoms with Crippen LogP contribution < -0.4 is 14.8 Å². The maximum atomic E-state index is 15.0. The van der Waals surface area contributed by atoms with Crippen molar-refractivity contribution in [1.29, 1.82) is 0 Å². The molecule has 4 rings (SSSR count). The van der Waals surface area contributed by atoms with E-state index in [0.717, 1.165) is 36.3 Å². The molecule has 1 amide bonds. The lowest BCUT2D eigenvalue weighted by molar-refractivity contribution is -0.114. The Morgan fingerprint density at radius 1 is 1.27 bits per heavy atom. The van der Waals surface area contributed by atoms with E-state index in [1.54, 1.807) is 36.9 Å². The molecule has 1 saturated heterocycles. The third kappa shape index (κ3) is 4.54. The molecule has 9 heteroatoms. The number of ether oxygens (including phenoxy) is 3. The molecular weight excluding hydrogens is 427 g/mol. The van der Waals surface area contributed by atoms with Crippen molar-refractivity contribution >= 4 is 28.6 Å². The van der Waals surface area contributed by atoms with Gasteiger partial charge in [-0.15, -0.1) is 0 Å². The lowest BCUT2D eigenvalue weighted by atomic mass is 10.1. The summed E-state index contributed by atoms with van der Waals surface area (Å²) >= 11 is 0. The van der Waals surface area contributed by atoms with E-state index < -0.39 is 11.7 Å². The van der Waals surface area contributed by atoms with Crippen molar-refractivity contribution in [3.05, 3.63) is 47.0 Å². The third-order valence-corrected chi connectivity index (χ3v) is 5.70. The van der Waals surface area contributed by atoms with Crippen LogP contribution in [0.3, 0.4) is 0 Å². The molecular formula is C24H27FN4O4. The molecule has 1 aromatic carbocycles. The second kappa shape index (κ2) is 9.58. The quantitative estimate of drug-likeness (QED) is 0.543. The predicted molar refractivity (Wildman–Crippen MR) is 123 cm³/mol. The van der Waals surface area contributed by atoms with Gasteiger partial charge in [0, 0.05) is 23.6 Å². The largest absolute Gasteiger partial charge is 0.494 e. The van der Waals surface area contributed by atoms with Crippen LogP contribution in [0.5, 0.6) is 11.6 Å². The number of nitrogens with one attached hydrogen (secondary N) is 1. The SMILES string of the molecule is COc1cc(C)c(NC(=O)/C(F)=C/c2ccc3cnn(C4CCCCO4)c3c2OC)c(C)n1. The van der Waals surface area contributed by atoms with Crippen molar-refractivity contribution in [2.75, 3.05) is 26.1 Å². The molecule has 0 radical (unpaired) electrons. The number of carbonyl (C=O) groups excluding carboxylic acids is 1. The maximum Gasteiger partial charge on any atom is 0.284 e. The average molecular weight is 455 g/mol. The summed E-state index contributed by atoms with van der Waals surface area (Å²) in [6.07, 6.45) is 5.59. The molecule has 1 atom stereocenters. The highest BCUT2D eigenvalue weighted by molar-refractivity contribution is 6.06. The molecule has 1 fully saturated rings. The monoisotopic (exact) mass is 454 g/mol. The molecule has 174 valence electrons. The fraction of sp³-hybridized carbons (Fsp3) is 0.375. The molecule has 0 aliphatic carbocycles. The van der Waals surface area contributed by atoms with Crippen molar-refractivity contribution in [3.8, 4) is 11.6 Å². The highest BCUT2D eigenvalue weighted by atomic mass is 19.1. The van der Waals surface area contributed by atoms with Crippen LogP contribution in [-0.2, 0) is 9.53 Å². The molecule has 1 N–H and O–H groups in total. The van der Waals surface area contributed by atoms with Crippen LogP contribution in [0, 0.1) is 13.8 Å². The summed E-state index contributed by atoms with van der Waals surface area (Å²) in [5.41, 5.74) is 2.83. The van der Waals surface area contributed by atoms with E-state index >= 15 is 0 Å². The van der Waals surface area contributed by atoms with Crippen LogP contribution in [0.15, 0.2) is 30.2 Å². The van der Waals surface area contributed by atoms with Gasteiger partial charge in [-0.3, -0.25) is 4.79 Å². The van der Waals surface area contributed by atoms with Crippen molar-refractivity contribution in [3.63, 3.8) is 0 Å². The Hall–Kier alpha value is -3.46. The van der Waals surface area contributed by atoms with Gasteiger partial charge in [-0.1, -0.05) is 12.1 Å². The first-order valence-corrected chi connectivity index (χ1v) is 10.8. The smallest absolute Gasteiger partial charge is 0.284 e. The van der Waals surface area contributed by atoms with Gasteiger partial charge in [0.25, 0.3) is 5.91 Å². The summed E-state index contributed by atoms with van der Waals surface area (Å²) in [6, 6.07) is 5.20. The maximum absolute atomic E-state index is 15.0. The van der Waals surface area contributed by atoms with Gasteiger partial charge >= 0.3 is 0 Å². The Morgan fingerprint density at radius 3 is 2.76 bits per heavy atom. The van der Waals surface area contributed by atoms with E-state index in [1.165, 1.54) is 14.2 Å². The lowest BCUT2D eigenvalue weighted by Crippen LogP contribution is -2.19. The number of benzene rings is 1. The number of halogens is 1. The van der Waals surface area contributed by atoms with E-state index in [1.807, 2.05) is 6.07 Å². The number of nitrogens with zero attached hydrogens (tertiary/aromatic N) is 3. The number of amides is 1. The molecule has 33 heavy (non-hydrogen) atoms. The van der Waals surface area contributed by atoms with Gasteiger partial charge in [-0.25, -0.2) is 14.1 Å². The van der Waals surface area contributed by atoms with Crippen LogP contribution in [0.2, 0.25) is 0 Å². The summed E-state index contributed by atoms with van der Waals surface area (Å²) in [6.45, 7) is 4.18. The fourth-order valence-electron chi connectivity index (χ4n) is 4.05. The molecule has 1 aliphatic rings. The van der Waals surface area contributed by atoms with E-state index in [0.29, 0.717) is 40.7 Å². The van der Waals surface area contributed by atoms with E-state index in [9.17, 15) is 9.18 Å². The molecule has 3 heterocycles. The minimum absolute atomic E-state index is 0.203. The molecule has 0 bridgehead atoms. The summed E-state index contributed by atoms with van der Waals surface area (Å²) < 4.78 is 33.4. The zero-order chi connectivity index (χ0) is 23.5. The minimum Gasteiger partial charge on any atom is -0.494 e. The summed E-state index contributed by atoms with van der Waals surface area (Å²) in [7, 11) is 3.03. The van der Waals surface area contributed by atoms with Crippen molar-refractivity contribution in [1.82, 2.24) is 14.8 Å². The Labute approximate surface area is 191 Å². The van der Waals surface area contributed by atoms with Gasteiger partial charge < -0.3 is 19.5 Å². The number of carbonyl (C=O) groups is 1. The number of aromatic nitrogens is 3. The van der Waals surface area contributed by atoms with E-state index in [2.05, 4.69) is 15.4 Å². The van der Waals surface area contributed by atoms with Crippen molar-refractivity contribution < 1.29 is 23.4 Å². The second-order valence-electron chi connectivity index (χ2n) is 7.92. The third-order valence-electron chi connectivity index (χ3n) is 5.70. The Morgan fingerprint density at radius 2 is 2.09 bits per heavy atom. The van der Waals surface area contributed by atoms with Crippen molar-refractivity contribution in [2.24, 2.45) is 0 Å². The van der Waals surface area contributed by atoms with Crippen LogP contribution in [-0.4, -0.2) is 41.5 Å². The lowest BCUT2D eigenvalue weighted by Gasteiger charge is -2.24. The molecule has 0 spiro atoms. The Balaban J connectivity index is 1.66. The first-order chi connectivity index (χ1) is 15.9. The number of anilines is 1. The molecule has 8 nitrogen and oxygen atoms in total. The van der Waals surface area contributed by atoms with Gasteiger partial charge in [0.15, 0.2) is 17.8 Å². The molecule has 2 aromatic heterocycles. The summed E-state index contributed by atoms with van der Waals surface area (Å²) in [4.78, 5) is 16.8. The van der Waals surface area contributed by atoms with E-state index in [-0.39, 0.29) is 6.23 Å². The first kappa shape index (κ1) is 22.7. The number of fused-ring (bicyclic) bond motifs is 1. The van der Waals surface area contributed by atoms with Crippen LogP contribution in [0.25, 0.3) is 17.0 Å². The van der Waals surface area contributed by atoms with Gasteiger partial charge in [-0.05, 0) is 44.7 Å². The highest BCUT2D eigenvalue weighted by Crippen LogP contribution is 2.35. The number of methoxy groups -OCH3 is 2. The van der Waals surface area contributed by atoms with Crippen LogP contribution >= 0.6 is 0 Å². The number of rotatable bonds is 6. The van der Waals surface area contributed by atoms with Gasteiger partial charge in [-0.2, -0.15) is 5.10 Å².